The van der Waals surface area contributed by atoms with Crippen molar-refractivity contribution in [3.05, 3.63) is 237 Å². The minimum atomic E-state index is 0.870. The van der Waals surface area contributed by atoms with Gasteiger partial charge in [0.2, 0.25) is 0 Å². The predicted octanol–water partition coefficient (Wildman–Crippen LogP) is 16.5. The van der Waals surface area contributed by atoms with Crippen LogP contribution in [0.5, 0.6) is 0 Å². The topological polar surface area (TPSA) is 16.4 Å². The van der Waals surface area contributed by atoms with E-state index in [1.807, 2.05) is 0 Å². The molecule has 11 aromatic rings. The summed E-state index contributed by atoms with van der Waals surface area (Å²) in [5.41, 5.74) is 16.8. The lowest BCUT2D eigenvalue weighted by atomic mass is 9.91. The fraction of sp³-hybridized carbons (Fsp3) is 0. The Kier molecular flexibility index (Phi) is 8.87. The molecule has 0 saturated carbocycles. The summed E-state index contributed by atoms with van der Waals surface area (Å²) in [5, 5.41) is 4.38. The van der Waals surface area contributed by atoms with Crippen molar-refractivity contribution in [2.24, 2.45) is 0 Å². The van der Waals surface area contributed by atoms with Gasteiger partial charge in [0, 0.05) is 32.9 Å². The molecular formula is C58H39NO. The molecule has 0 aliphatic rings. The Bertz CT molecular complexity index is 3260. The van der Waals surface area contributed by atoms with Crippen molar-refractivity contribution in [1.82, 2.24) is 0 Å². The van der Waals surface area contributed by atoms with Crippen LogP contribution < -0.4 is 4.90 Å². The van der Waals surface area contributed by atoms with Crippen LogP contribution in [0.15, 0.2) is 241 Å². The van der Waals surface area contributed by atoms with E-state index >= 15 is 0 Å². The van der Waals surface area contributed by atoms with Crippen LogP contribution in [0.2, 0.25) is 0 Å². The molecule has 1 heterocycles. The lowest BCUT2D eigenvalue weighted by molar-refractivity contribution is 0.673. The first kappa shape index (κ1) is 35.2. The second kappa shape index (κ2) is 15.1. The molecule has 1 aromatic heterocycles. The molecule has 0 spiro atoms. The molecule has 0 N–H and O–H groups in total. The third-order valence-electron chi connectivity index (χ3n) is 11.7. The highest BCUT2D eigenvalue weighted by Crippen LogP contribution is 2.47. The molecule has 2 nitrogen and oxygen atoms in total. The van der Waals surface area contributed by atoms with Gasteiger partial charge in [0.15, 0.2) is 0 Å². The van der Waals surface area contributed by atoms with Gasteiger partial charge in [-0.15, -0.1) is 0 Å². The SMILES string of the molecule is c1ccc(-c2ccc(-c3ccc(N(c4ccc(-c5ccccc5)cc4)c4cc5c(oc6cccc(-c7ccccc7-c7ccccc7)c65)c5ccccc45)cc3)cc2)cc1. The van der Waals surface area contributed by atoms with Gasteiger partial charge in [-0.05, 0) is 92.0 Å². The fourth-order valence-corrected chi connectivity index (χ4v) is 8.78. The average Bonchev–Trinajstić information content (AvgIpc) is 3.72. The third-order valence-corrected chi connectivity index (χ3v) is 11.7. The lowest BCUT2D eigenvalue weighted by Crippen LogP contribution is -2.10. The van der Waals surface area contributed by atoms with Crippen LogP contribution >= 0.6 is 0 Å². The van der Waals surface area contributed by atoms with Gasteiger partial charge in [-0.3, -0.25) is 0 Å². The van der Waals surface area contributed by atoms with Crippen molar-refractivity contribution in [3.8, 4) is 55.6 Å². The number of hydrogen-bond acceptors (Lipinski definition) is 2. The number of furan rings is 1. The van der Waals surface area contributed by atoms with Crippen molar-refractivity contribution < 1.29 is 4.42 Å². The zero-order valence-electron chi connectivity index (χ0n) is 32.9. The van der Waals surface area contributed by atoms with Gasteiger partial charge in [-0.25, -0.2) is 0 Å². The van der Waals surface area contributed by atoms with Crippen molar-refractivity contribution in [3.63, 3.8) is 0 Å². The van der Waals surface area contributed by atoms with E-state index in [-0.39, 0.29) is 0 Å². The third kappa shape index (κ3) is 6.32. The van der Waals surface area contributed by atoms with E-state index in [1.54, 1.807) is 0 Å². The van der Waals surface area contributed by atoms with Gasteiger partial charge in [-0.2, -0.15) is 0 Å². The van der Waals surface area contributed by atoms with Crippen molar-refractivity contribution >= 4 is 49.8 Å². The van der Waals surface area contributed by atoms with Crippen LogP contribution in [-0.4, -0.2) is 0 Å². The Balaban J connectivity index is 1.10. The summed E-state index contributed by atoms with van der Waals surface area (Å²) in [4.78, 5) is 2.40. The zero-order valence-corrected chi connectivity index (χ0v) is 32.9. The maximum absolute atomic E-state index is 6.87. The van der Waals surface area contributed by atoms with E-state index < -0.39 is 0 Å². The maximum atomic E-state index is 6.87. The molecule has 0 unspecified atom stereocenters. The highest BCUT2D eigenvalue weighted by molar-refractivity contribution is 6.23. The molecule has 0 bridgehead atoms. The quantitative estimate of drug-likeness (QED) is 0.153. The molecule has 10 aromatic carbocycles. The van der Waals surface area contributed by atoms with Gasteiger partial charge in [-0.1, -0.05) is 200 Å². The summed E-state index contributed by atoms with van der Waals surface area (Å²) >= 11 is 0. The van der Waals surface area contributed by atoms with E-state index in [0.717, 1.165) is 55.3 Å². The largest absolute Gasteiger partial charge is 0.455 e. The van der Waals surface area contributed by atoms with E-state index in [1.165, 1.54) is 50.1 Å². The highest BCUT2D eigenvalue weighted by Gasteiger charge is 2.22. The standard InChI is InChI=1S/C58H39NO/c1-4-15-40(16-5-1)42-27-29-43(30-28-42)45-33-37-48(38-34-45)59(47-35-31-44(32-36-47)41-17-6-2-7-18-41)55-39-54-57-52(50-22-11-10-21-49(50)46-19-8-3-9-20-46)25-14-26-56(57)60-58(54)53-24-13-12-23-51(53)55/h1-39H. The molecule has 0 aliphatic carbocycles. The predicted molar refractivity (Wildman–Crippen MR) is 253 cm³/mol. The first-order valence-corrected chi connectivity index (χ1v) is 20.5. The van der Waals surface area contributed by atoms with E-state index in [9.17, 15) is 0 Å². The Labute approximate surface area is 349 Å². The molecule has 0 fully saturated rings. The number of fused-ring (bicyclic) bond motifs is 5. The summed E-state index contributed by atoms with van der Waals surface area (Å²) < 4.78 is 6.87. The first-order chi connectivity index (χ1) is 29.8. The summed E-state index contributed by atoms with van der Waals surface area (Å²) in [6.07, 6.45) is 0. The molecule has 282 valence electrons. The average molecular weight is 766 g/mol. The van der Waals surface area contributed by atoms with Crippen LogP contribution in [0.25, 0.3) is 88.3 Å². The number of benzene rings is 10. The summed E-state index contributed by atoms with van der Waals surface area (Å²) in [6.45, 7) is 0. The van der Waals surface area contributed by atoms with Gasteiger partial charge >= 0.3 is 0 Å². The second-order valence-corrected chi connectivity index (χ2v) is 15.2. The summed E-state index contributed by atoms with van der Waals surface area (Å²) in [6, 6.07) is 84.7. The number of hydrogen-bond donors (Lipinski definition) is 0. The lowest BCUT2D eigenvalue weighted by Gasteiger charge is -2.27. The van der Waals surface area contributed by atoms with Crippen molar-refractivity contribution in [2.45, 2.75) is 0 Å². The molecule has 2 heteroatoms. The maximum Gasteiger partial charge on any atom is 0.143 e. The van der Waals surface area contributed by atoms with Crippen LogP contribution in [0.3, 0.4) is 0 Å². The molecule has 60 heavy (non-hydrogen) atoms. The van der Waals surface area contributed by atoms with Crippen molar-refractivity contribution in [1.29, 1.82) is 0 Å². The molecule has 0 amide bonds. The normalized spacial score (nSPS) is 11.3. The minimum absolute atomic E-state index is 0.870. The van der Waals surface area contributed by atoms with E-state index in [0.29, 0.717) is 0 Å². The molecule has 11 rings (SSSR count). The molecule has 0 saturated heterocycles. The van der Waals surface area contributed by atoms with Crippen LogP contribution in [0.4, 0.5) is 17.1 Å². The fourth-order valence-electron chi connectivity index (χ4n) is 8.78. The van der Waals surface area contributed by atoms with Gasteiger partial charge in [0.05, 0.1) is 5.69 Å². The minimum Gasteiger partial charge on any atom is -0.455 e. The van der Waals surface area contributed by atoms with Gasteiger partial charge in [0.25, 0.3) is 0 Å². The van der Waals surface area contributed by atoms with Crippen LogP contribution in [0.1, 0.15) is 0 Å². The highest BCUT2D eigenvalue weighted by atomic mass is 16.3. The Hall–Kier alpha value is -7.94. The van der Waals surface area contributed by atoms with E-state index in [2.05, 4.69) is 241 Å². The molecule has 0 radical (unpaired) electrons. The van der Waals surface area contributed by atoms with E-state index in [4.69, 9.17) is 4.42 Å². The Morgan fingerprint density at radius 1 is 0.283 bits per heavy atom. The monoisotopic (exact) mass is 765 g/mol. The van der Waals surface area contributed by atoms with Gasteiger partial charge < -0.3 is 9.32 Å². The zero-order chi connectivity index (χ0) is 39.8. The first-order valence-electron chi connectivity index (χ1n) is 20.5. The van der Waals surface area contributed by atoms with Crippen molar-refractivity contribution in [2.75, 3.05) is 4.90 Å². The number of rotatable bonds is 8. The number of nitrogens with zero attached hydrogens (tertiary/aromatic N) is 1. The van der Waals surface area contributed by atoms with Gasteiger partial charge in [0.1, 0.15) is 11.2 Å². The smallest absolute Gasteiger partial charge is 0.143 e. The van der Waals surface area contributed by atoms with Crippen LogP contribution in [0, 0.1) is 0 Å². The Morgan fingerprint density at radius 3 is 1.25 bits per heavy atom. The summed E-state index contributed by atoms with van der Waals surface area (Å²) in [5.74, 6) is 0. The Morgan fingerprint density at radius 2 is 0.700 bits per heavy atom. The second-order valence-electron chi connectivity index (χ2n) is 15.2. The molecule has 0 aliphatic heterocycles. The summed E-state index contributed by atoms with van der Waals surface area (Å²) in [7, 11) is 0. The molecular weight excluding hydrogens is 727 g/mol. The van der Waals surface area contributed by atoms with Crippen LogP contribution in [-0.2, 0) is 0 Å². The molecule has 0 atom stereocenters. The number of anilines is 3.